The molecule has 0 nitrogen and oxygen atoms in total. The second kappa shape index (κ2) is 1.17. The lowest BCUT2D eigenvalue weighted by Gasteiger charge is -1.88. The molecular weight excluding hydrogens is 108 g/mol. The third kappa shape index (κ3) is 0.436. The van der Waals surface area contributed by atoms with Gasteiger partial charge in [0.2, 0.25) is 0 Å². The predicted octanol–water partition coefficient (Wildman–Crippen LogP) is 2.02. The molecule has 2 aliphatic carbocycles. The van der Waals surface area contributed by atoms with Gasteiger partial charge in [0, 0.05) is 5.38 Å². The summed E-state index contributed by atoms with van der Waals surface area (Å²) in [5, 5.41) is 0.591. The van der Waals surface area contributed by atoms with Crippen LogP contribution in [0, 0.1) is 11.8 Å². The van der Waals surface area contributed by atoms with Crippen LogP contribution in [-0.2, 0) is 0 Å². The van der Waals surface area contributed by atoms with Crippen molar-refractivity contribution in [3.63, 3.8) is 0 Å². The van der Waals surface area contributed by atoms with E-state index in [0.29, 0.717) is 5.38 Å². The summed E-state index contributed by atoms with van der Waals surface area (Å²) < 4.78 is 0. The summed E-state index contributed by atoms with van der Waals surface area (Å²) in [6.07, 6.45) is 4.27. The summed E-state index contributed by atoms with van der Waals surface area (Å²) in [4.78, 5) is 0. The quantitative estimate of drug-likeness (QED) is 0.425. The van der Waals surface area contributed by atoms with Gasteiger partial charge >= 0.3 is 0 Å². The second-order valence-electron chi connectivity index (χ2n) is 2.70. The van der Waals surface area contributed by atoms with Crippen LogP contribution in [0.5, 0.6) is 0 Å². The molecule has 2 rings (SSSR count). The Kier molecular flexibility index (Phi) is 0.699. The fourth-order valence-electron chi connectivity index (χ4n) is 1.73. The van der Waals surface area contributed by atoms with Gasteiger partial charge in [-0.3, -0.25) is 0 Å². The van der Waals surface area contributed by atoms with Crippen LogP contribution < -0.4 is 0 Å². The minimum absolute atomic E-state index is 0.591. The molecule has 40 valence electrons. The Balaban J connectivity index is 2.06. The number of alkyl halides is 1. The second-order valence-corrected chi connectivity index (χ2v) is 3.21. The van der Waals surface area contributed by atoms with Crippen LogP contribution in [0.1, 0.15) is 19.3 Å². The number of hydrogen-bond acceptors (Lipinski definition) is 0. The molecule has 0 radical (unpaired) electrons. The van der Waals surface area contributed by atoms with Gasteiger partial charge in [0.15, 0.2) is 0 Å². The first kappa shape index (κ1) is 4.20. The van der Waals surface area contributed by atoms with Crippen LogP contribution in [0.15, 0.2) is 0 Å². The first-order chi connectivity index (χ1) is 3.39. The van der Waals surface area contributed by atoms with Gasteiger partial charge in [-0.05, 0) is 24.7 Å². The summed E-state index contributed by atoms with van der Waals surface area (Å²) in [6, 6.07) is 0. The molecule has 2 aliphatic rings. The van der Waals surface area contributed by atoms with E-state index in [4.69, 9.17) is 11.6 Å². The average molecular weight is 117 g/mol. The van der Waals surface area contributed by atoms with E-state index in [9.17, 15) is 0 Å². The molecule has 0 N–H and O–H groups in total. The van der Waals surface area contributed by atoms with Gasteiger partial charge in [0.05, 0.1) is 0 Å². The van der Waals surface area contributed by atoms with Crippen LogP contribution in [0.4, 0.5) is 0 Å². The molecule has 0 unspecified atom stereocenters. The third-order valence-electron chi connectivity index (χ3n) is 2.30. The van der Waals surface area contributed by atoms with Crippen LogP contribution in [0.25, 0.3) is 0 Å². The van der Waals surface area contributed by atoms with E-state index in [0.717, 1.165) is 11.8 Å². The van der Waals surface area contributed by atoms with Gasteiger partial charge in [-0.25, -0.2) is 0 Å². The molecule has 0 spiro atoms. The van der Waals surface area contributed by atoms with E-state index >= 15 is 0 Å². The predicted molar refractivity (Wildman–Crippen MR) is 30.5 cm³/mol. The van der Waals surface area contributed by atoms with E-state index in [1.54, 1.807) is 0 Å². The zero-order valence-electron chi connectivity index (χ0n) is 4.23. The summed E-state index contributed by atoms with van der Waals surface area (Å²) in [7, 11) is 0. The highest BCUT2D eigenvalue weighted by atomic mass is 35.5. The lowest BCUT2D eigenvalue weighted by Crippen LogP contribution is -1.79. The van der Waals surface area contributed by atoms with Crippen LogP contribution >= 0.6 is 11.6 Å². The molecule has 0 amide bonds. The highest BCUT2D eigenvalue weighted by Crippen LogP contribution is 2.55. The highest BCUT2D eigenvalue weighted by molar-refractivity contribution is 6.23. The normalized spacial score (nSPS) is 57.0. The van der Waals surface area contributed by atoms with Crippen molar-refractivity contribution in [2.45, 2.75) is 24.6 Å². The van der Waals surface area contributed by atoms with E-state index in [1.165, 1.54) is 19.3 Å². The molecule has 0 aromatic carbocycles. The summed E-state index contributed by atoms with van der Waals surface area (Å²) in [6.45, 7) is 0. The molecule has 2 atom stereocenters. The van der Waals surface area contributed by atoms with Gasteiger partial charge in [-0.15, -0.1) is 11.6 Å². The lowest BCUT2D eigenvalue weighted by atomic mass is 10.3. The van der Waals surface area contributed by atoms with Crippen molar-refractivity contribution < 1.29 is 0 Å². The van der Waals surface area contributed by atoms with Crippen molar-refractivity contribution in [3.05, 3.63) is 0 Å². The van der Waals surface area contributed by atoms with E-state index in [-0.39, 0.29) is 0 Å². The Labute approximate surface area is 48.9 Å². The average Bonchev–Trinajstić information content (AvgIpc) is 2.26. The zero-order valence-corrected chi connectivity index (χ0v) is 4.99. The van der Waals surface area contributed by atoms with E-state index in [1.807, 2.05) is 0 Å². The minimum atomic E-state index is 0.591. The Bertz CT molecular complexity index is 80.2. The van der Waals surface area contributed by atoms with Crippen molar-refractivity contribution in [2.75, 3.05) is 0 Å². The summed E-state index contributed by atoms with van der Waals surface area (Å²) >= 11 is 5.85. The molecule has 1 heteroatoms. The van der Waals surface area contributed by atoms with Crippen molar-refractivity contribution >= 4 is 11.6 Å². The Hall–Kier alpha value is 0.290. The zero-order chi connectivity index (χ0) is 4.85. The monoisotopic (exact) mass is 116 g/mol. The SMILES string of the molecule is ClC1[C@H]2CCC[C@H]12. The van der Waals surface area contributed by atoms with Crippen LogP contribution in [-0.4, -0.2) is 5.38 Å². The topological polar surface area (TPSA) is 0 Å². The van der Waals surface area contributed by atoms with Crippen molar-refractivity contribution in [3.8, 4) is 0 Å². The Morgan fingerprint density at radius 1 is 1.14 bits per heavy atom. The van der Waals surface area contributed by atoms with Crippen LogP contribution in [0.2, 0.25) is 0 Å². The molecule has 0 aromatic heterocycles. The van der Waals surface area contributed by atoms with Gasteiger partial charge in [0.25, 0.3) is 0 Å². The molecule has 0 heterocycles. The maximum absolute atomic E-state index is 5.85. The highest BCUT2D eigenvalue weighted by Gasteiger charge is 2.51. The Morgan fingerprint density at radius 3 is 2.00 bits per heavy atom. The fraction of sp³-hybridized carbons (Fsp3) is 1.00. The standard InChI is InChI=1S/C6H9Cl/c7-6-4-2-1-3-5(4)6/h4-6H,1-3H2/t4-,5-/m0/s1. The van der Waals surface area contributed by atoms with Gasteiger partial charge in [0.1, 0.15) is 0 Å². The molecule has 2 saturated carbocycles. The lowest BCUT2D eigenvalue weighted by molar-refractivity contribution is 0.739. The number of rotatable bonds is 0. The first-order valence-electron chi connectivity index (χ1n) is 3.03. The maximum Gasteiger partial charge on any atom is 0.0398 e. The Morgan fingerprint density at radius 2 is 1.71 bits per heavy atom. The van der Waals surface area contributed by atoms with Crippen molar-refractivity contribution in [1.82, 2.24) is 0 Å². The van der Waals surface area contributed by atoms with Crippen molar-refractivity contribution in [2.24, 2.45) is 11.8 Å². The number of halogens is 1. The molecule has 0 bridgehead atoms. The minimum Gasteiger partial charge on any atom is -0.122 e. The molecule has 0 aromatic rings. The van der Waals surface area contributed by atoms with E-state index < -0.39 is 0 Å². The third-order valence-corrected chi connectivity index (χ3v) is 2.95. The van der Waals surface area contributed by atoms with Gasteiger partial charge < -0.3 is 0 Å². The molecular formula is C6H9Cl. The maximum atomic E-state index is 5.85. The summed E-state index contributed by atoms with van der Waals surface area (Å²) in [5.74, 6) is 1.89. The van der Waals surface area contributed by atoms with E-state index in [2.05, 4.69) is 0 Å². The van der Waals surface area contributed by atoms with Gasteiger partial charge in [-0.1, -0.05) is 6.42 Å². The van der Waals surface area contributed by atoms with Crippen molar-refractivity contribution in [1.29, 1.82) is 0 Å². The molecule has 0 saturated heterocycles. The van der Waals surface area contributed by atoms with Crippen LogP contribution in [0.3, 0.4) is 0 Å². The smallest absolute Gasteiger partial charge is 0.0398 e. The summed E-state index contributed by atoms with van der Waals surface area (Å²) in [5.41, 5.74) is 0. The molecule has 2 fully saturated rings. The fourth-order valence-corrected chi connectivity index (χ4v) is 2.28. The largest absolute Gasteiger partial charge is 0.122 e. The molecule has 7 heavy (non-hydrogen) atoms. The number of hydrogen-bond donors (Lipinski definition) is 0. The molecule has 0 aliphatic heterocycles. The number of fused-ring (bicyclic) bond motifs is 1. The first-order valence-corrected chi connectivity index (χ1v) is 3.47. The van der Waals surface area contributed by atoms with Gasteiger partial charge in [-0.2, -0.15) is 0 Å².